The van der Waals surface area contributed by atoms with Crippen molar-refractivity contribution in [2.45, 2.75) is 56.7 Å². The number of carbonyl (C=O) groups is 1. The summed E-state index contributed by atoms with van der Waals surface area (Å²) in [5.41, 5.74) is -0.324. The van der Waals surface area contributed by atoms with Crippen molar-refractivity contribution in [3.63, 3.8) is 0 Å². The maximum atomic E-state index is 10.9. The summed E-state index contributed by atoms with van der Waals surface area (Å²) in [6.07, 6.45) is 3.81. The molecule has 0 aliphatic carbocycles. The third-order valence-corrected chi connectivity index (χ3v) is 5.37. The van der Waals surface area contributed by atoms with Crippen LogP contribution in [0.15, 0.2) is 18.2 Å². The molecule has 0 radical (unpaired) electrons. The quantitative estimate of drug-likeness (QED) is 0.593. The lowest BCUT2D eigenvalue weighted by Crippen LogP contribution is -2.30. The second-order valence-electron chi connectivity index (χ2n) is 6.47. The monoisotopic (exact) mass is 398 g/mol. The van der Waals surface area contributed by atoms with Crippen molar-refractivity contribution in [1.29, 1.82) is 5.26 Å². The lowest BCUT2D eigenvalue weighted by atomic mass is 9.74. The number of hydrogen-bond acceptors (Lipinski definition) is 5. The predicted octanol–water partition coefficient (Wildman–Crippen LogP) is 3.61. The van der Waals surface area contributed by atoms with Gasteiger partial charge in [-0.25, -0.2) is 0 Å². The van der Waals surface area contributed by atoms with Gasteiger partial charge in [0.25, 0.3) is 0 Å². The minimum absolute atomic E-state index is 0.143. The summed E-state index contributed by atoms with van der Waals surface area (Å²) in [4.78, 5) is 10.9. The molecule has 0 spiro atoms. The zero-order chi connectivity index (χ0) is 19.0. The van der Waals surface area contributed by atoms with Crippen LogP contribution < -0.4 is 5.11 Å². The van der Waals surface area contributed by atoms with Gasteiger partial charge in [-0.2, -0.15) is 5.26 Å². The molecule has 0 saturated carbocycles. The SMILES string of the molecule is N#CC(CCCOC1CCCCO1)(CCC(=O)[O-])c1ccc(Cl)c(Cl)c1. The van der Waals surface area contributed by atoms with Crippen LogP contribution in [0.1, 0.15) is 50.5 Å². The molecule has 1 saturated heterocycles. The lowest BCUT2D eigenvalue weighted by molar-refractivity contribution is -0.306. The highest BCUT2D eigenvalue weighted by molar-refractivity contribution is 6.42. The molecule has 1 aliphatic heterocycles. The fourth-order valence-electron chi connectivity index (χ4n) is 3.13. The van der Waals surface area contributed by atoms with Crippen molar-refractivity contribution in [3.8, 4) is 6.07 Å². The molecule has 0 aromatic heterocycles. The summed E-state index contributed by atoms with van der Waals surface area (Å²) in [6, 6.07) is 7.27. The van der Waals surface area contributed by atoms with Gasteiger partial charge in [-0.1, -0.05) is 29.3 Å². The number of ether oxygens (including phenoxy) is 2. The summed E-state index contributed by atoms with van der Waals surface area (Å²) in [6.45, 7) is 1.16. The minimum Gasteiger partial charge on any atom is -0.550 e. The first-order valence-corrected chi connectivity index (χ1v) is 9.52. The molecule has 0 amide bonds. The Balaban J connectivity index is 2.05. The number of benzene rings is 1. The largest absolute Gasteiger partial charge is 0.550 e. The number of aliphatic carboxylic acids is 1. The smallest absolute Gasteiger partial charge is 0.157 e. The Morgan fingerprint density at radius 1 is 1.35 bits per heavy atom. The van der Waals surface area contributed by atoms with E-state index in [4.69, 9.17) is 32.7 Å². The molecular weight excluding hydrogens is 377 g/mol. The van der Waals surface area contributed by atoms with Crippen LogP contribution in [-0.4, -0.2) is 25.5 Å². The Morgan fingerprint density at radius 3 is 2.77 bits per heavy atom. The fraction of sp³-hybridized carbons (Fsp3) is 0.579. The van der Waals surface area contributed by atoms with Crippen molar-refractivity contribution in [2.75, 3.05) is 13.2 Å². The first-order valence-electron chi connectivity index (χ1n) is 8.77. The fourth-order valence-corrected chi connectivity index (χ4v) is 3.43. The van der Waals surface area contributed by atoms with Crippen LogP contribution in [0.2, 0.25) is 10.0 Å². The average Bonchev–Trinajstić information content (AvgIpc) is 2.64. The van der Waals surface area contributed by atoms with Crippen LogP contribution in [-0.2, 0) is 19.7 Å². The van der Waals surface area contributed by atoms with Gasteiger partial charge in [0.1, 0.15) is 0 Å². The second-order valence-corrected chi connectivity index (χ2v) is 7.28. The molecule has 1 heterocycles. The second kappa shape index (κ2) is 10.1. The summed E-state index contributed by atoms with van der Waals surface area (Å²) in [5, 5.41) is 21.5. The van der Waals surface area contributed by atoms with E-state index in [1.807, 2.05) is 0 Å². The number of carboxylic acid groups (broad SMARTS) is 1. The van der Waals surface area contributed by atoms with Gasteiger partial charge in [-0.05, 0) is 62.6 Å². The average molecular weight is 399 g/mol. The highest BCUT2D eigenvalue weighted by Gasteiger charge is 2.32. The molecule has 1 aliphatic rings. The van der Waals surface area contributed by atoms with Crippen molar-refractivity contribution >= 4 is 29.2 Å². The van der Waals surface area contributed by atoms with E-state index in [9.17, 15) is 15.2 Å². The van der Waals surface area contributed by atoms with Crippen molar-refractivity contribution < 1.29 is 19.4 Å². The Morgan fingerprint density at radius 2 is 2.15 bits per heavy atom. The van der Waals surface area contributed by atoms with E-state index >= 15 is 0 Å². The topological polar surface area (TPSA) is 82.4 Å². The number of carboxylic acids is 1. The zero-order valence-corrected chi connectivity index (χ0v) is 16.0. The third kappa shape index (κ3) is 5.85. The molecule has 1 fully saturated rings. The van der Waals surface area contributed by atoms with Gasteiger partial charge in [-0.15, -0.1) is 0 Å². The van der Waals surface area contributed by atoms with E-state index in [1.165, 1.54) is 0 Å². The zero-order valence-electron chi connectivity index (χ0n) is 14.5. The van der Waals surface area contributed by atoms with E-state index in [0.717, 1.165) is 19.3 Å². The molecule has 2 atom stereocenters. The molecule has 2 unspecified atom stereocenters. The maximum absolute atomic E-state index is 10.9. The minimum atomic E-state index is -1.18. The van der Waals surface area contributed by atoms with E-state index in [0.29, 0.717) is 41.7 Å². The first kappa shape index (κ1) is 21.0. The van der Waals surface area contributed by atoms with Gasteiger partial charge in [0.2, 0.25) is 0 Å². The Bertz CT molecular complexity index is 655. The van der Waals surface area contributed by atoms with E-state index in [1.54, 1.807) is 18.2 Å². The van der Waals surface area contributed by atoms with Gasteiger partial charge in [0.15, 0.2) is 6.29 Å². The van der Waals surface area contributed by atoms with Crippen LogP contribution in [0.5, 0.6) is 0 Å². The lowest BCUT2D eigenvalue weighted by Gasteiger charge is -2.29. The molecule has 26 heavy (non-hydrogen) atoms. The number of rotatable bonds is 9. The van der Waals surface area contributed by atoms with Gasteiger partial charge >= 0.3 is 0 Å². The number of halogens is 2. The number of hydrogen-bond donors (Lipinski definition) is 0. The molecule has 7 heteroatoms. The molecule has 1 aromatic carbocycles. The molecule has 142 valence electrons. The van der Waals surface area contributed by atoms with E-state index in [-0.39, 0.29) is 19.1 Å². The van der Waals surface area contributed by atoms with Crippen LogP contribution in [0.3, 0.4) is 0 Å². The Hall–Kier alpha value is -1.32. The highest BCUT2D eigenvalue weighted by atomic mass is 35.5. The van der Waals surface area contributed by atoms with Crippen molar-refractivity contribution in [3.05, 3.63) is 33.8 Å². The van der Waals surface area contributed by atoms with Crippen molar-refractivity contribution in [2.24, 2.45) is 0 Å². The molecule has 2 rings (SSSR count). The van der Waals surface area contributed by atoms with Crippen LogP contribution in [0, 0.1) is 11.3 Å². The molecule has 5 nitrogen and oxygen atoms in total. The number of nitrogens with zero attached hydrogens (tertiary/aromatic N) is 1. The van der Waals surface area contributed by atoms with Gasteiger partial charge in [0.05, 0.1) is 21.5 Å². The first-order chi connectivity index (χ1) is 12.5. The normalized spacial score (nSPS) is 19.5. The number of nitriles is 1. The van der Waals surface area contributed by atoms with Crippen molar-refractivity contribution in [1.82, 2.24) is 0 Å². The standard InChI is InChI=1S/C19H23Cl2NO4/c20-15-6-5-14(12-16(15)21)19(13-22,9-7-17(23)24)8-3-11-26-18-4-1-2-10-25-18/h5-6,12,18H,1-4,7-11H2,(H,23,24)/p-1. The summed E-state index contributed by atoms with van der Waals surface area (Å²) < 4.78 is 11.2. The van der Waals surface area contributed by atoms with Gasteiger partial charge in [0, 0.05) is 19.2 Å². The van der Waals surface area contributed by atoms with Crippen LogP contribution in [0.25, 0.3) is 0 Å². The molecule has 0 bridgehead atoms. The van der Waals surface area contributed by atoms with Crippen LogP contribution >= 0.6 is 23.2 Å². The van der Waals surface area contributed by atoms with E-state index < -0.39 is 11.4 Å². The molecule has 0 N–H and O–H groups in total. The Kier molecular flexibility index (Phi) is 8.17. The molecular formula is C19H22Cl2NO4-. The maximum Gasteiger partial charge on any atom is 0.157 e. The molecule has 1 aromatic rings. The van der Waals surface area contributed by atoms with E-state index in [2.05, 4.69) is 6.07 Å². The number of carbonyl (C=O) groups excluding carboxylic acids is 1. The highest BCUT2D eigenvalue weighted by Crippen LogP contribution is 2.37. The van der Waals surface area contributed by atoms with Crippen LogP contribution in [0.4, 0.5) is 0 Å². The summed E-state index contributed by atoms with van der Waals surface area (Å²) in [5.74, 6) is -1.18. The predicted molar refractivity (Wildman–Crippen MR) is 96.8 cm³/mol. The summed E-state index contributed by atoms with van der Waals surface area (Å²) >= 11 is 12.1. The van der Waals surface area contributed by atoms with Gasteiger partial charge < -0.3 is 19.4 Å². The summed E-state index contributed by atoms with van der Waals surface area (Å²) in [7, 11) is 0. The Labute approximate surface area is 163 Å². The van der Waals surface area contributed by atoms with Gasteiger partial charge in [-0.3, -0.25) is 0 Å². The third-order valence-electron chi connectivity index (χ3n) is 4.63.